The van der Waals surface area contributed by atoms with E-state index in [1.165, 1.54) is 0 Å². The van der Waals surface area contributed by atoms with Gasteiger partial charge in [-0.15, -0.1) is 0 Å². The summed E-state index contributed by atoms with van der Waals surface area (Å²) in [5.41, 5.74) is 12.9. The monoisotopic (exact) mass is 403 g/mol. The summed E-state index contributed by atoms with van der Waals surface area (Å²) in [5.74, 6) is 0.0609. The number of anilines is 1. The summed E-state index contributed by atoms with van der Waals surface area (Å²) in [6.45, 7) is 0.293. The van der Waals surface area contributed by atoms with E-state index in [0.29, 0.717) is 32.3 Å². The summed E-state index contributed by atoms with van der Waals surface area (Å²) in [6, 6.07) is 10.1. The molecule has 5 nitrogen and oxygen atoms in total. The maximum atomic E-state index is 6.04. The third-order valence-electron chi connectivity index (χ3n) is 2.84. The van der Waals surface area contributed by atoms with Crippen LogP contribution >= 0.6 is 46.4 Å². The van der Waals surface area contributed by atoms with E-state index in [1.54, 1.807) is 36.4 Å². The molecule has 0 aliphatic heterocycles. The van der Waals surface area contributed by atoms with E-state index in [0.717, 1.165) is 5.56 Å². The standard InChI is InChI=1S/C15H13Cl4N5/c16-9-2-4-13(12(19)6-9)23-15(21)24-14(20)22-7-8-1-3-10(17)11(18)5-8/h1-6H,7H2,(H5,20,21,22,23,24). The van der Waals surface area contributed by atoms with Crippen molar-refractivity contribution >= 4 is 64.0 Å². The summed E-state index contributed by atoms with van der Waals surface area (Å²) < 4.78 is 0. The zero-order chi connectivity index (χ0) is 17.7. The predicted octanol–water partition coefficient (Wildman–Crippen LogP) is 4.54. The molecule has 2 aromatic carbocycles. The number of hydrogen-bond acceptors (Lipinski definition) is 1. The minimum Gasteiger partial charge on any atom is -0.369 e. The van der Waals surface area contributed by atoms with Crippen molar-refractivity contribution in [1.82, 2.24) is 0 Å². The molecular formula is C15H13Cl4N5. The van der Waals surface area contributed by atoms with Crippen molar-refractivity contribution in [2.24, 2.45) is 21.5 Å². The Morgan fingerprint density at radius 1 is 0.917 bits per heavy atom. The molecule has 0 amide bonds. The van der Waals surface area contributed by atoms with Gasteiger partial charge in [0.25, 0.3) is 0 Å². The van der Waals surface area contributed by atoms with Gasteiger partial charge in [-0.2, -0.15) is 4.99 Å². The zero-order valence-corrected chi connectivity index (χ0v) is 15.3. The fraction of sp³-hybridized carbons (Fsp3) is 0.0667. The summed E-state index contributed by atoms with van der Waals surface area (Å²) in [4.78, 5) is 8.07. The maximum absolute atomic E-state index is 6.04. The first-order valence-electron chi connectivity index (χ1n) is 6.65. The number of guanidine groups is 2. The summed E-state index contributed by atoms with van der Waals surface area (Å²) in [6.07, 6.45) is 0. The number of aliphatic imine (C=N–C) groups is 2. The molecule has 9 heteroatoms. The maximum Gasteiger partial charge on any atom is 0.218 e. The molecule has 24 heavy (non-hydrogen) atoms. The molecule has 0 fully saturated rings. The Balaban J connectivity index is 2.04. The first-order chi connectivity index (χ1) is 11.3. The number of rotatable bonds is 3. The van der Waals surface area contributed by atoms with Crippen molar-refractivity contribution in [3.8, 4) is 0 Å². The van der Waals surface area contributed by atoms with Crippen LogP contribution in [-0.4, -0.2) is 11.9 Å². The van der Waals surface area contributed by atoms with E-state index in [1.807, 2.05) is 0 Å². The molecule has 0 spiro atoms. The molecule has 0 atom stereocenters. The Labute approximate surface area is 159 Å². The lowest BCUT2D eigenvalue weighted by Gasteiger charge is -2.07. The molecule has 5 N–H and O–H groups in total. The molecule has 0 heterocycles. The molecule has 2 aromatic rings. The van der Waals surface area contributed by atoms with Crippen LogP contribution in [0.1, 0.15) is 5.56 Å². The number of halogens is 4. The van der Waals surface area contributed by atoms with Gasteiger partial charge in [-0.25, -0.2) is 4.99 Å². The average Bonchev–Trinajstić information content (AvgIpc) is 2.51. The fourth-order valence-electron chi connectivity index (χ4n) is 1.73. The van der Waals surface area contributed by atoms with E-state index < -0.39 is 0 Å². The Morgan fingerprint density at radius 3 is 2.33 bits per heavy atom. The van der Waals surface area contributed by atoms with Gasteiger partial charge < -0.3 is 16.8 Å². The second-order valence-electron chi connectivity index (χ2n) is 4.67. The molecular weight excluding hydrogens is 392 g/mol. The lowest BCUT2D eigenvalue weighted by molar-refractivity contribution is 1.05. The van der Waals surface area contributed by atoms with E-state index in [2.05, 4.69) is 15.3 Å². The van der Waals surface area contributed by atoms with E-state index in [-0.39, 0.29) is 11.9 Å². The SMILES string of the molecule is NC(=NCc1ccc(Cl)c(Cl)c1)N=C(N)Nc1ccc(Cl)cc1Cl. The highest BCUT2D eigenvalue weighted by Crippen LogP contribution is 2.25. The minimum atomic E-state index is 0.0103. The fourth-order valence-corrected chi connectivity index (χ4v) is 2.50. The summed E-state index contributed by atoms with van der Waals surface area (Å²) >= 11 is 23.7. The smallest absolute Gasteiger partial charge is 0.218 e. The topological polar surface area (TPSA) is 88.8 Å². The van der Waals surface area contributed by atoms with Crippen LogP contribution in [0.3, 0.4) is 0 Å². The minimum absolute atomic E-state index is 0.0103. The van der Waals surface area contributed by atoms with E-state index in [9.17, 15) is 0 Å². The van der Waals surface area contributed by atoms with Gasteiger partial charge in [-0.1, -0.05) is 52.5 Å². The molecule has 2 rings (SSSR count). The van der Waals surface area contributed by atoms with Gasteiger partial charge in [0.1, 0.15) is 0 Å². The Bertz CT molecular complexity index is 804. The second kappa shape index (κ2) is 8.44. The van der Waals surface area contributed by atoms with Crippen molar-refractivity contribution in [2.45, 2.75) is 6.54 Å². The van der Waals surface area contributed by atoms with Gasteiger partial charge in [-0.05, 0) is 35.9 Å². The number of nitrogens with one attached hydrogen (secondary N) is 1. The van der Waals surface area contributed by atoms with Gasteiger partial charge in [-0.3, -0.25) is 0 Å². The number of benzene rings is 2. The predicted molar refractivity (Wildman–Crippen MR) is 103 cm³/mol. The van der Waals surface area contributed by atoms with Gasteiger partial charge in [0.15, 0.2) is 0 Å². The Kier molecular flexibility index (Phi) is 6.57. The van der Waals surface area contributed by atoms with Crippen molar-refractivity contribution in [3.05, 3.63) is 62.1 Å². The summed E-state index contributed by atoms with van der Waals surface area (Å²) in [7, 11) is 0. The molecule has 126 valence electrons. The van der Waals surface area contributed by atoms with Crippen LogP contribution in [-0.2, 0) is 6.54 Å². The molecule has 0 aromatic heterocycles. The molecule has 0 aliphatic rings. The summed E-state index contributed by atoms with van der Waals surface area (Å²) in [5, 5.41) is 4.67. The number of nitrogens with two attached hydrogens (primary N) is 2. The van der Waals surface area contributed by atoms with Crippen LogP contribution < -0.4 is 16.8 Å². The Hall–Kier alpha value is -1.66. The number of hydrogen-bond donors (Lipinski definition) is 3. The van der Waals surface area contributed by atoms with Crippen molar-refractivity contribution < 1.29 is 0 Å². The van der Waals surface area contributed by atoms with Crippen molar-refractivity contribution in [3.63, 3.8) is 0 Å². The van der Waals surface area contributed by atoms with Crippen molar-refractivity contribution in [1.29, 1.82) is 0 Å². The molecule has 0 bridgehead atoms. The molecule has 0 saturated carbocycles. The second-order valence-corrected chi connectivity index (χ2v) is 6.33. The highest BCUT2D eigenvalue weighted by atomic mass is 35.5. The van der Waals surface area contributed by atoms with Crippen LogP contribution in [0.2, 0.25) is 20.1 Å². The lowest BCUT2D eigenvalue weighted by atomic mass is 10.2. The van der Waals surface area contributed by atoms with Crippen LogP contribution in [0.5, 0.6) is 0 Å². The highest BCUT2D eigenvalue weighted by Gasteiger charge is 2.03. The van der Waals surface area contributed by atoms with E-state index in [4.69, 9.17) is 57.9 Å². The lowest BCUT2D eigenvalue weighted by Crippen LogP contribution is -2.26. The largest absolute Gasteiger partial charge is 0.369 e. The van der Waals surface area contributed by atoms with Crippen LogP contribution in [0, 0.1) is 0 Å². The van der Waals surface area contributed by atoms with Gasteiger partial charge in [0, 0.05) is 5.02 Å². The highest BCUT2D eigenvalue weighted by molar-refractivity contribution is 6.42. The van der Waals surface area contributed by atoms with Gasteiger partial charge in [0.05, 0.1) is 27.3 Å². The zero-order valence-electron chi connectivity index (χ0n) is 12.2. The van der Waals surface area contributed by atoms with Gasteiger partial charge in [0.2, 0.25) is 11.9 Å². The van der Waals surface area contributed by atoms with Crippen molar-refractivity contribution in [2.75, 3.05) is 5.32 Å². The Morgan fingerprint density at radius 2 is 1.67 bits per heavy atom. The van der Waals surface area contributed by atoms with Crippen LogP contribution in [0.25, 0.3) is 0 Å². The normalized spacial score (nSPS) is 12.3. The van der Waals surface area contributed by atoms with Gasteiger partial charge >= 0.3 is 0 Å². The number of nitrogens with zero attached hydrogens (tertiary/aromatic N) is 2. The van der Waals surface area contributed by atoms with E-state index >= 15 is 0 Å². The third-order valence-corrected chi connectivity index (χ3v) is 4.12. The van der Waals surface area contributed by atoms with Crippen LogP contribution in [0.4, 0.5) is 5.69 Å². The molecule has 0 radical (unpaired) electrons. The first kappa shape index (κ1) is 18.7. The first-order valence-corrected chi connectivity index (χ1v) is 8.16. The molecule has 0 saturated heterocycles. The average molecular weight is 405 g/mol. The third kappa shape index (κ3) is 5.46. The molecule has 0 aliphatic carbocycles. The molecule has 0 unspecified atom stereocenters. The quantitative estimate of drug-likeness (QED) is 0.518. The van der Waals surface area contributed by atoms with Crippen LogP contribution in [0.15, 0.2) is 46.4 Å².